The number of carbonyl (C=O) groups is 1. The van der Waals surface area contributed by atoms with Gasteiger partial charge in [-0.2, -0.15) is 11.8 Å². The third-order valence-electron chi connectivity index (χ3n) is 4.79. The predicted molar refractivity (Wildman–Crippen MR) is 118 cm³/mol. The number of hydrogen-bond donors (Lipinski definition) is 1. The topological polar surface area (TPSA) is 49.6 Å². The van der Waals surface area contributed by atoms with Gasteiger partial charge in [0, 0.05) is 44.2 Å². The van der Waals surface area contributed by atoms with Gasteiger partial charge in [-0.3, -0.25) is 9.69 Å². The molecule has 1 saturated heterocycles. The van der Waals surface area contributed by atoms with Crippen molar-refractivity contribution in [2.24, 2.45) is 11.7 Å². The first-order valence-electron chi connectivity index (χ1n) is 8.88. The summed E-state index contributed by atoms with van der Waals surface area (Å²) in [6.07, 6.45) is 0.845. The Kier molecular flexibility index (Phi) is 12.6. The molecule has 0 saturated carbocycles. The Labute approximate surface area is 175 Å². The van der Waals surface area contributed by atoms with E-state index in [1.807, 2.05) is 41.9 Å². The van der Waals surface area contributed by atoms with Gasteiger partial charge in [0.1, 0.15) is 6.04 Å². The predicted octanol–water partition coefficient (Wildman–Crippen LogP) is 3.45. The van der Waals surface area contributed by atoms with E-state index in [-0.39, 0.29) is 42.8 Å². The van der Waals surface area contributed by atoms with Crippen LogP contribution < -0.4 is 5.73 Å². The van der Waals surface area contributed by atoms with Gasteiger partial charge in [-0.1, -0.05) is 44.2 Å². The molecule has 0 aromatic heterocycles. The molecule has 7 heteroatoms. The number of hydrogen-bond acceptors (Lipinski definition) is 4. The molecule has 0 radical (unpaired) electrons. The zero-order chi connectivity index (χ0) is 17.5. The van der Waals surface area contributed by atoms with Crippen LogP contribution in [0.1, 0.15) is 31.9 Å². The number of nitrogens with two attached hydrogens (primary N) is 1. The van der Waals surface area contributed by atoms with E-state index in [1.54, 1.807) is 0 Å². The van der Waals surface area contributed by atoms with Crippen molar-refractivity contribution in [3.8, 4) is 0 Å². The fourth-order valence-corrected chi connectivity index (χ4v) is 3.91. The minimum atomic E-state index is -0.174. The highest BCUT2D eigenvalue weighted by Crippen LogP contribution is 2.26. The lowest BCUT2D eigenvalue weighted by Gasteiger charge is -2.36. The van der Waals surface area contributed by atoms with Crippen LogP contribution in [0.2, 0.25) is 0 Å². The van der Waals surface area contributed by atoms with Crippen molar-refractivity contribution >= 4 is 42.5 Å². The van der Waals surface area contributed by atoms with Crippen LogP contribution in [-0.4, -0.2) is 59.9 Å². The monoisotopic (exact) mass is 421 g/mol. The summed E-state index contributed by atoms with van der Waals surface area (Å²) >= 11 is 1.97. The van der Waals surface area contributed by atoms with Crippen molar-refractivity contribution in [1.82, 2.24) is 9.80 Å². The Morgan fingerprint density at radius 2 is 1.77 bits per heavy atom. The number of nitrogens with zero attached hydrogens (tertiary/aromatic N) is 2. The zero-order valence-electron chi connectivity index (χ0n) is 16.0. The first-order valence-corrected chi connectivity index (χ1v) is 10.0. The molecule has 2 N–H and O–H groups in total. The number of benzene rings is 1. The highest BCUT2D eigenvalue weighted by atomic mass is 35.5. The van der Waals surface area contributed by atoms with Crippen LogP contribution in [0.15, 0.2) is 30.3 Å². The van der Waals surface area contributed by atoms with E-state index in [1.165, 1.54) is 0 Å². The molecular formula is C19H33Cl2N3OS. The van der Waals surface area contributed by atoms with Gasteiger partial charge in [0.15, 0.2) is 0 Å². The third kappa shape index (κ3) is 7.28. The van der Waals surface area contributed by atoms with Gasteiger partial charge in [-0.15, -0.1) is 24.8 Å². The van der Waals surface area contributed by atoms with E-state index in [9.17, 15) is 4.79 Å². The summed E-state index contributed by atoms with van der Waals surface area (Å²) in [5.41, 5.74) is 7.24. The SMILES string of the molecule is CC(C)C(N)CCN(C)C(=O)C(c1ccccc1)N1CCSCC1.Cl.Cl. The molecular weight excluding hydrogens is 389 g/mol. The van der Waals surface area contributed by atoms with E-state index >= 15 is 0 Å². The molecule has 2 atom stereocenters. The highest BCUT2D eigenvalue weighted by Gasteiger charge is 2.31. The van der Waals surface area contributed by atoms with Gasteiger partial charge in [0.25, 0.3) is 0 Å². The Morgan fingerprint density at radius 3 is 2.31 bits per heavy atom. The van der Waals surface area contributed by atoms with Gasteiger partial charge in [-0.25, -0.2) is 0 Å². The minimum Gasteiger partial charge on any atom is -0.344 e. The molecule has 1 fully saturated rings. The number of rotatable bonds is 7. The molecule has 0 aliphatic carbocycles. The highest BCUT2D eigenvalue weighted by molar-refractivity contribution is 7.99. The molecule has 2 unspecified atom stereocenters. The average Bonchev–Trinajstić information content (AvgIpc) is 2.61. The molecule has 1 amide bonds. The van der Waals surface area contributed by atoms with Crippen LogP contribution in [-0.2, 0) is 4.79 Å². The van der Waals surface area contributed by atoms with Crippen molar-refractivity contribution in [2.45, 2.75) is 32.4 Å². The Bertz CT molecular complexity index is 513. The van der Waals surface area contributed by atoms with Crippen LogP contribution in [0.3, 0.4) is 0 Å². The molecule has 1 aliphatic heterocycles. The number of carbonyl (C=O) groups excluding carboxylic acids is 1. The molecule has 1 heterocycles. The number of halogens is 2. The number of likely N-dealkylation sites (N-methyl/N-ethyl adjacent to an activating group) is 1. The lowest BCUT2D eigenvalue weighted by Crippen LogP contribution is -2.45. The van der Waals surface area contributed by atoms with Gasteiger partial charge >= 0.3 is 0 Å². The van der Waals surface area contributed by atoms with E-state index in [0.29, 0.717) is 12.5 Å². The molecule has 26 heavy (non-hydrogen) atoms. The maximum Gasteiger partial charge on any atom is 0.244 e. The minimum absolute atomic E-state index is 0. The van der Waals surface area contributed by atoms with E-state index in [4.69, 9.17) is 5.73 Å². The average molecular weight is 422 g/mol. The smallest absolute Gasteiger partial charge is 0.244 e. The molecule has 150 valence electrons. The van der Waals surface area contributed by atoms with Gasteiger partial charge in [-0.05, 0) is 17.9 Å². The third-order valence-corrected chi connectivity index (χ3v) is 5.73. The molecule has 1 aliphatic rings. The summed E-state index contributed by atoms with van der Waals surface area (Å²) < 4.78 is 0. The fraction of sp³-hybridized carbons (Fsp3) is 0.632. The summed E-state index contributed by atoms with van der Waals surface area (Å²) in [5, 5.41) is 0. The standard InChI is InChI=1S/C19H31N3OS.2ClH/c1-15(2)17(20)9-10-21(3)19(23)18(16-7-5-4-6-8-16)22-11-13-24-14-12-22;;/h4-8,15,17-18H,9-14,20H2,1-3H3;2*1H. The summed E-state index contributed by atoms with van der Waals surface area (Å²) in [6, 6.07) is 10.1. The van der Waals surface area contributed by atoms with E-state index < -0.39 is 0 Å². The zero-order valence-corrected chi connectivity index (χ0v) is 18.4. The second-order valence-electron chi connectivity index (χ2n) is 6.92. The van der Waals surface area contributed by atoms with Crippen LogP contribution in [0.5, 0.6) is 0 Å². The molecule has 0 bridgehead atoms. The first kappa shape index (κ1) is 25.5. The van der Waals surface area contributed by atoms with Crippen LogP contribution in [0.4, 0.5) is 0 Å². The van der Waals surface area contributed by atoms with Crippen LogP contribution >= 0.6 is 36.6 Å². The molecule has 1 aromatic carbocycles. The maximum absolute atomic E-state index is 13.2. The van der Waals surface area contributed by atoms with Crippen molar-refractivity contribution in [1.29, 1.82) is 0 Å². The van der Waals surface area contributed by atoms with Gasteiger partial charge in [0.05, 0.1) is 0 Å². The quantitative estimate of drug-likeness (QED) is 0.731. The van der Waals surface area contributed by atoms with Gasteiger partial charge in [0.2, 0.25) is 5.91 Å². The number of thioether (sulfide) groups is 1. The number of amides is 1. The van der Waals surface area contributed by atoms with E-state index in [2.05, 4.69) is 30.9 Å². The fourth-order valence-electron chi connectivity index (χ4n) is 2.98. The molecule has 2 rings (SSSR count). The largest absolute Gasteiger partial charge is 0.344 e. The lowest BCUT2D eigenvalue weighted by atomic mass is 10.0. The van der Waals surface area contributed by atoms with E-state index in [0.717, 1.165) is 36.6 Å². The van der Waals surface area contributed by atoms with Crippen molar-refractivity contribution in [3.63, 3.8) is 0 Å². The Balaban J connectivity index is 0.00000312. The van der Waals surface area contributed by atoms with Crippen molar-refractivity contribution in [2.75, 3.05) is 38.2 Å². The summed E-state index contributed by atoms with van der Waals surface area (Å²) in [5.74, 6) is 2.82. The second kappa shape index (κ2) is 12.8. The van der Waals surface area contributed by atoms with Crippen molar-refractivity contribution in [3.05, 3.63) is 35.9 Å². The summed E-state index contributed by atoms with van der Waals surface area (Å²) in [6.45, 7) is 6.91. The summed E-state index contributed by atoms with van der Waals surface area (Å²) in [4.78, 5) is 17.4. The molecule has 0 spiro atoms. The van der Waals surface area contributed by atoms with Crippen LogP contribution in [0.25, 0.3) is 0 Å². The maximum atomic E-state index is 13.2. The Hall–Kier alpha value is -0.460. The molecule has 1 aromatic rings. The second-order valence-corrected chi connectivity index (χ2v) is 8.14. The van der Waals surface area contributed by atoms with Crippen LogP contribution in [0, 0.1) is 5.92 Å². The first-order chi connectivity index (χ1) is 11.5. The Morgan fingerprint density at radius 1 is 1.19 bits per heavy atom. The lowest BCUT2D eigenvalue weighted by molar-refractivity contribution is -0.136. The summed E-state index contributed by atoms with van der Waals surface area (Å²) in [7, 11) is 1.91. The molecule has 4 nitrogen and oxygen atoms in total. The van der Waals surface area contributed by atoms with Gasteiger partial charge < -0.3 is 10.6 Å². The normalized spacial score (nSPS) is 17.0. The van der Waals surface area contributed by atoms with Crippen molar-refractivity contribution < 1.29 is 4.79 Å².